The van der Waals surface area contributed by atoms with Crippen LogP contribution >= 0.6 is 0 Å². The van der Waals surface area contributed by atoms with Gasteiger partial charge in [-0.15, -0.1) is 0 Å². The molecule has 0 bridgehead atoms. The molecule has 4 aromatic rings. The normalized spacial score (nSPS) is 19.5. The minimum Gasteiger partial charge on any atom is -0.439 e. The summed E-state index contributed by atoms with van der Waals surface area (Å²) >= 11 is 0. The monoisotopic (exact) mass is 501 g/mol. The van der Waals surface area contributed by atoms with Crippen molar-refractivity contribution in [2.45, 2.75) is 45.0 Å². The third-order valence-electron chi connectivity index (χ3n) is 6.76. The summed E-state index contributed by atoms with van der Waals surface area (Å²) in [6.07, 6.45) is 7.35. The van der Waals surface area contributed by atoms with Gasteiger partial charge in [0.15, 0.2) is 5.65 Å². The molecule has 3 aromatic heterocycles. The number of likely N-dealkylation sites (tertiary alicyclic amines) is 1. The molecule has 0 aliphatic carbocycles. The maximum atomic E-state index is 10.7. The molecule has 1 aromatic carbocycles. The van der Waals surface area contributed by atoms with Crippen molar-refractivity contribution >= 4 is 16.9 Å². The number of pyridine rings is 1. The van der Waals surface area contributed by atoms with E-state index in [-0.39, 0.29) is 18.7 Å². The van der Waals surface area contributed by atoms with Crippen LogP contribution in [0.5, 0.6) is 11.6 Å². The van der Waals surface area contributed by atoms with Gasteiger partial charge in [-0.05, 0) is 62.6 Å². The Morgan fingerprint density at radius 2 is 1.95 bits per heavy atom. The predicted octanol–water partition coefficient (Wildman–Crippen LogP) is 3.46. The first-order valence-electron chi connectivity index (χ1n) is 12.4. The van der Waals surface area contributed by atoms with Crippen LogP contribution in [0.4, 0.5) is 5.82 Å². The number of benzene rings is 1. The fraction of sp³-hybridized carbons (Fsp3) is 0.333. The van der Waals surface area contributed by atoms with Crippen LogP contribution in [0.15, 0.2) is 61.1 Å². The first-order chi connectivity index (χ1) is 17.9. The van der Waals surface area contributed by atoms with Crippen molar-refractivity contribution in [3.8, 4) is 22.9 Å². The van der Waals surface area contributed by atoms with Crippen LogP contribution in [0, 0.1) is 6.92 Å². The van der Waals surface area contributed by atoms with E-state index in [0.717, 1.165) is 24.0 Å². The number of anilines is 1. The molecule has 1 aliphatic rings. The average Bonchev–Trinajstić information content (AvgIpc) is 3.30. The lowest BCUT2D eigenvalue weighted by Gasteiger charge is -2.39. The molecular weight excluding hydrogens is 470 g/mol. The molecule has 4 N–H and O–H groups in total. The van der Waals surface area contributed by atoms with E-state index >= 15 is 0 Å². The zero-order valence-electron chi connectivity index (χ0n) is 20.9. The zero-order chi connectivity index (χ0) is 25.9. The number of aryl methyl sites for hydroxylation is 1. The van der Waals surface area contributed by atoms with Crippen LogP contribution in [0.3, 0.4) is 0 Å². The van der Waals surface area contributed by atoms with Crippen molar-refractivity contribution in [2.75, 3.05) is 18.9 Å². The Labute approximate surface area is 215 Å². The first-order valence-corrected chi connectivity index (χ1v) is 12.4. The predicted molar refractivity (Wildman–Crippen MR) is 141 cm³/mol. The second-order valence-corrected chi connectivity index (χ2v) is 9.35. The van der Waals surface area contributed by atoms with E-state index in [0.29, 0.717) is 40.7 Å². The van der Waals surface area contributed by atoms with Gasteiger partial charge in [0.2, 0.25) is 5.88 Å². The molecule has 10 nitrogen and oxygen atoms in total. The van der Waals surface area contributed by atoms with E-state index in [1.807, 2.05) is 52.9 Å². The number of nitrogens with zero attached hydrogens (tertiary/aromatic N) is 6. The molecule has 192 valence electrons. The number of fused-ring (bicyclic) bond motifs is 1. The summed E-state index contributed by atoms with van der Waals surface area (Å²) in [5, 5.41) is 25.4. The maximum Gasteiger partial charge on any atom is 0.219 e. The van der Waals surface area contributed by atoms with Crippen molar-refractivity contribution in [1.82, 2.24) is 29.6 Å². The van der Waals surface area contributed by atoms with Gasteiger partial charge < -0.3 is 20.7 Å². The molecule has 37 heavy (non-hydrogen) atoms. The second kappa shape index (κ2) is 10.6. The highest BCUT2D eigenvalue weighted by atomic mass is 16.5. The lowest BCUT2D eigenvalue weighted by molar-refractivity contribution is -0.0190. The number of aromatic nitrogens is 5. The summed E-state index contributed by atoms with van der Waals surface area (Å²) in [7, 11) is 0. The summed E-state index contributed by atoms with van der Waals surface area (Å²) in [6, 6.07) is 11.6. The smallest absolute Gasteiger partial charge is 0.219 e. The van der Waals surface area contributed by atoms with E-state index in [4.69, 9.17) is 20.7 Å². The van der Waals surface area contributed by atoms with E-state index in [9.17, 15) is 5.11 Å². The summed E-state index contributed by atoms with van der Waals surface area (Å²) in [5.41, 5.74) is 9.59. The number of hydrogen-bond acceptors (Lipinski definition) is 9. The molecule has 3 unspecified atom stereocenters. The molecule has 10 heteroatoms. The molecule has 0 saturated carbocycles. The van der Waals surface area contributed by atoms with E-state index in [1.54, 1.807) is 18.3 Å². The second-order valence-electron chi connectivity index (χ2n) is 9.35. The average molecular weight is 502 g/mol. The number of rotatable bonds is 7. The number of aliphatic hydroxyl groups excluding tert-OH is 2. The molecule has 5 rings (SSSR count). The molecule has 3 atom stereocenters. The summed E-state index contributed by atoms with van der Waals surface area (Å²) in [6.45, 7) is 4.53. The van der Waals surface area contributed by atoms with Crippen LogP contribution in [0.2, 0.25) is 0 Å². The van der Waals surface area contributed by atoms with Crippen LogP contribution in [0.25, 0.3) is 22.3 Å². The standard InChI is InChI=1S/C27H31N7O3/c1-17-5-12-22(29-14-17)37-21-10-7-19(8-11-21)25-24-26(28)30-16-31-27(24)34(32-25)20-9-6-18(2)33(15-20)23(36)4-3-13-35/h3-5,7-8,10-12,14,16,18,20,23,35-36H,6,9,13,15H2,1-2H3,(H2,28,30,31)/b4-3+. The Kier molecular flexibility index (Phi) is 7.13. The third-order valence-corrected chi connectivity index (χ3v) is 6.76. The van der Waals surface area contributed by atoms with Gasteiger partial charge in [0.05, 0.1) is 18.0 Å². The largest absolute Gasteiger partial charge is 0.439 e. The van der Waals surface area contributed by atoms with Gasteiger partial charge in [0.25, 0.3) is 0 Å². The minimum atomic E-state index is -0.790. The van der Waals surface area contributed by atoms with Gasteiger partial charge in [-0.1, -0.05) is 12.1 Å². The summed E-state index contributed by atoms with van der Waals surface area (Å²) in [4.78, 5) is 15.0. The fourth-order valence-electron chi connectivity index (χ4n) is 4.74. The highest BCUT2D eigenvalue weighted by Gasteiger charge is 2.32. The molecule has 0 spiro atoms. The topological polar surface area (TPSA) is 135 Å². The number of aliphatic hydroxyl groups is 2. The van der Waals surface area contributed by atoms with Gasteiger partial charge >= 0.3 is 0 Å². The molecular formula is C27H31N7O3. The van der Waals surface area contributed by atoms with Crippen molar-refractivity contribution in [3.05, 3.63) is 66.6 Å². The SMILES string of the molecule is Cc1ccc(Oc2ccc(-c3nn(C4CCC(C)N(C(O)/C=C/CO)C4)c4ncnc(N)c34)cc2)nc1. The highest BCUT2D eigenvalue weighted by Crippen LogP contribution is 2.35. The number of piperidine rings is 1. The van der Waals surface area contributed by atoms with Crippen LogP contribution in [-0.4, -0.2) is 65.3 Å². The summed E-state index contributed by atoms with van der Waals surface area (Å²) in [5.74, 6) is 1.55. The van der Waals surface area contributed by atoms with Crippen LogP contribution in [0.1, 0.15) is 31.4 Å². The van der Waals surface area contributed by atoms with Crippen molar-refractivity contribution in [3.63, 3.8) is 0 Å². The Morgan fingerprint density at radius 3 is 2.68 bits per heavy atom. The van der Waals surface area contributed by atoms with Gasteiger partial charge in [0, 0.05) is 30.4 Å². The van der Waals surface area contributed by atoms with E-state index in [2.05, 4.69) is 21.9 Å². The molecule has 1 fully saturated rings. The van der Waals surface area contributed by atoms with Gasteiger partial charge in [-0.25, -0.2) is 19.6 Å². The lowest BCUT2D eigenvalue weighted by atomic mass is 9.99. The Hall–Kier alpha value is -3.86. The Bertz CT molecular complexity index is 1390. The number of hydrogen-bond donors (Lipinski definition) is 3. The first kappa shape index (κ1) is 24.8. The molecule has 4 heterocycles. The third kappa shape index (κ3) is 5.17. The number of ether oxygens (including phenoxy) is 1. The molecule has 0 radical (unpaired) electrons. The lowest BCUT2D eigenvalue weighted by Crippen LogP contribution is -2.47. The maximum absolute atomic E-state index is 10.7. The van der Waals surface area contributed by atoms with Crippen molar-refractivity contribution in [1.29, 1.82) is 0 Å². The Morgan fingerprint density at radius 1 is 1.14 bits per heavy atom. The zero-order valence-corrected chi connectivity index (χ0v) is 20.9. The van der Waals surface area contributed by atoms with Crippen molar-refractivity contribution < 1.29 is 14.9 Å². The minimum absolute atomic E-state index is 0.0193. The molecule has 1 aliphatic heterocycles. The Balaban J connectivity index is 1.46. The van der Waals surface area contributed by atoms with Gasteiger partial charge in [-0.3, -0.25) is 4.90 Å². The molecule has 1 saturated heterocycles. The van der Waals surface area contributed by atoms with Crippen molar-refractivity contribution in [2.24, 2.45) is 0 Å². The van der Waals surface area contributed by atoms with Gasteiger partial charge in [-0.2, -0.15) is 5.10 Å². The highest BCUT2D eigenvalue weighted by molar-refractivity contribution is 5.98. The molecule has 0 amide bonds. The van der Waals surface area contributed by atoms with Gasteiger partial charge in [0.1, 0.15) is 29.8 Å². The number of nitrogens with two attached hydrogens (primary N) is 1. The van der Waals surface area contributed by atoms with E-state index < -0.39 is 6.23 Å². The van der Waals surface area contributed by atoms with Crippen LogP contribution in [-0.2, 0) is 0 Å². The quantitative estimate of drug-likeness (QED) is 0.325. The fourth-order valence-corrected chi connectivity index (χ4v) is 4.74. The van der Waals surface area contributed by atoms with E-state index in [1.165, 1.54) is 6.33 Å². The summed E-state index contributed by atoms with van der Waals surface area (Å²) < 4.78 is 7.78. The van der Waals surface area contributed by atoms with Crippen LogP contribution < -0.4 is 10.5 Å². The number of nitrogen functional groups attached to an aromatic ring is 1.